The lowest BCUT2D eigenvalue weighted by atomic mass is 9.91. The fourth-order valence-corrected chi connectivity index (χ4v) is 8.26. The molecular formula is C64H106N8O14. The lowest BCUT2D eigenvalue weighted by Gasteiger charge is -2.23. The van der Waals surface area contributed by atoms with Crippen molar-refractivity contribution in [1.29, 1.82) is 0 Å². The van der Waals surface area contributed by atoms with Crippen molar-refractivity contribution < 1.29 is 66.9 Å². The van der Waals surface area contributed by atoms with E-state index in [0.717, 1.165) is 36.7 Å². The van der Waals surface area contributed by atoms with Crippen LogP contribution in [0, 0.1) is 23.7 Å². The number of carbonyl (C=O) groups excluding carboxylic acids is 10. The van der Waals surface area contributed by atoms with Crippen molar-refractivity contribution in [2.75, 3.05) is 92.8 Å². The summed E-state index contributed by atoms with van der Waals surface area (Å²) >= 11 is 0. The topological polar surface area (TPSA) is 332 Å². The number of likely N-dealkylation sites (N-methyl/N-ethyl adjacent to an activating group) is 1. The molecule has 0 aliphatic heterocycles. The summed E-state index contributed by atoms with van der Waals surface area (Å²) in [6.45, 7) is 22.0. The predicted octanol–water partition coefficient (Wildman–Crippen LogP) is 4.47. The second kappa shape index (κ2) is 55.2. The van der Waals surface area contributed by atoms with E-state index in [1.807, 2.05) is 88.4 Å². The van der Waals surface area contributed by atoms with Gasteiger partial charge in [0.2, 0.25) is 29.5 Å². The van der Waals surface area contributed by atoms with Crippen molar-refractivity contribution in [2.45, 2.75) is 144 Å². The zero-order valence-corrected chi connectivity index (χ0v) is 52.7. The molecule has 0 aliphatic rings. The van der Waals surface area contributed by atoms with Crippen molar-refractivity contribution in [3.05, 3.63) is 84.9 Å². The highest BCUT2D eigenvalue weighted by molar-refractivity contribution is 5.95. The molecule has 22 heteroatoms. The minimum atomic E-state index is -0.769. The summed E-state index contributed by atoms with van der Waals surface area (Å²) in [6, 6.07) is 17.4. The van der Waals surface area contributed by atoms with E-state index in [1.165, 1.54) is 13.8 Å². The number of aldehydes is 1. The number of Topliss-reactive ketones (excluding diaryl/α,β-unsaturated/α-hetero) is 4. The maximum Gasteiger partial charge on any atom is 0.224 e. The van der Waals surface area contributed by atoms with E-state index < -0.39 is 29.8 Å². The van der Waals surface area contributed by atoms with Crippen LogP contribution < -0.4 is 43.4 Å². The molecule has 5 amide bonds. The highest BCUT2D eigenvalue weighted by Gasteiger charge is 2.30. The molecule has 0 aliphatic carbocycles. The van der Waals surface area contributed by atoms with Gasteiger partial charge in [-0.1, -0.05) is 88.4 Å². The molecular weight excluding hydrogens is 1100 g/mol. The molecule has 0 radical (unpaired) electrons. The Kier molecular flexibility index (Phi) is 52.4. The normalized spacial score (nSPS) is 12.0. The maximum absolute atomic E-state index is 13.4. The quantitative estimate of drug-likeness (QED) is 0.0196. The van der Waals surface area contributed by atoms with E-state index in [0.29, 0.717) is 98.0 Å². The summed E-state index contributed by atoms with van der Waals surface area (Å²) < 4.78 is 21.2. The number of rotatable bonds is 47. The first-order valence-electron chi connectivity index (χ1n) is 30.1. The Hall–Kier alpha value is -6.40. The minimum absolute atomic E-state index is 0.00898. The van der Waals surface area contributed by atoms with Crippen LogP contribution in [0.2, 0.25) is 0 Å². The van der Waals surface area contributed by atoms with Crippen LogP contribution in [0.3, 0.4) is 0 Å². The lowest BCUT2D eigenvalue weighted by molar-refractivity contribution is -0.133. The van der Waals surface area contributed by atoms with Crippen LogP contribution in [0.25, 0.3) is 0 Å². The number of carbonyl (C=O) groups is 10. The average molecular weight is 1210 g/mol. The lowest BCUT2D eigenvalue weighted by Crippen LogP contribution is -2.45. The highest BCUT2D eigenvalue weighted by atomic mass is 16.5. The van der Waals surface area contributed by atoms with Crippen LogP contribution in [-0.2, 0) is 79.7 Å². The van der Waals surface area contributed by atoms with Crippen molar-refractivity contribution >= 4 is 59.0 Å². The fourth-order valence-electron chi connectivity index (χ4n) is 8.26. The average Bonchev–Trinajstić information content (AvgIpc) is 3.35. The fraction of sp³-hybridized carbons (Fsp3) is 0.625. The second-order valence-electron chi connectivity index (χ2n) is 21.1. The Labute approximate surface area is 512 Å². The summed E-state index contributed by atoms with van der Waals surface area (Å²) in [5, 5.41) is 16.7. The van der Waals surface area contributed by atoms with Gasteiger partial charge >= 0.3 is 0 Å². The van der Waals surface area contributed by atoms with Gasteiger partial charge in [-0.3, -0.25) is 43.2 Å². The highest BCUT2D eigenvalue weighted by Crippen LogP contribution is 2.18. The number of ketones is 4. The Bertz CT molecular complexity index is 2170. The number of nitrogens with two attached hydrogens (primary N) is 2. The largest absolute Gasteiger partial charge is 0.379 e. The van der Waals surface area contributed by atoms with E-state index in [4.69, 9.17) is 35.2 Å². The summed E-state index contributed by atoms with van der Waals surface area (Å²) in [4.78, 5) is 122. The summed E-state index contributed by atoms with van der Waals surface area (Å²) in [6.07, 6.45) is 5.47. The first kappa shape index (κ1) is 81.7. The second-order valence-corrected chi connectivity index (χ2v) is 21.1. The number of hydrogen-bond donors (Lipinski definition) is 8. The van der Waals surface area contributed by atoms with Gasteiger partial charge in [-0.25, -0.2) is 0 Å². The molecule has 0 spiro atoms. The Balaban J connectivity index is 0. The summed E-state index contributed by atoms with van der Waals surface area (Å²) in [5.41, 5.74) is 12.5. The molecule has 2 aromatic carbocycles. The molecule has 0 saturated carbocycles. The Morgan fingerprint density at radius 2 is 0.930 bits per heavy atom. The van der Waals surface area contributed by atoms with E-state index in [9.17, 15) is 43.2 Å². The number of ether oxygens (including phenoxy) is 4. The van der Waals surface area contributed by atoms with Gasteiger partial charge in [0.05, 0.1) is 58.3 Å². The molecule has 486 valence electrons. The summed E-state index contributed by atoms with van der Waals surface area (Å²) in [7, 11) is 1.69. The number of amides is 5. The van der Waals surface area contributed by atoms with Crippen molar-refractivity contribution in [3.63, 3.8) is 0 Å². The molecule has 0 bridgehead atoms. The van der Waals surface area contributed by atoms with Crippen LogP contribution in [0.5, 0.6) is 0 Å². The van der Waals surface area contributed by atoms with Gasteiger partial charge in [0.25, 0.3) is 0 Å². The van der Waals surface area contributed by atoms with Gasteiger partial charge in [-0.2, -0.15) is 0 Å². The van der Waals surface area contributed by atoms with E-state index in [1.54, 1.807) is 7.05 Å². The molecule has 86 heavy (non-hydrogen) atoms. The van der Waals surface area contributed by atoms with Crippen molar-refractivity contribution in [3.8, 4) is 0 Å². The zero-order chi connectivity index (χ0) is 64.8. The smallest absolute Gasteiger partial charge is 0.224 e. The zero-order valence-electron chi connectivity index (χ0n) is 52.7. The first-order valence-corrected chi connectivity index (χ1v) is 30.1. The van der Waals surface area contributed by atoms with Crippen molar-refractivity contribution in [1.82, 2.24) is 31.9 Å². The van der Waals surface area contributed by atoms with Gasteiger partial charge in [-0.15, -0.1) is 13.2 Å². The van der Waals surface area contributed by atoms with Crippen LogP contribution in [0.4, 0.5) is 0 Å². The molecule has 0 aromatic heterocycles. The Morgan fingerprint density at radius 1 is 0.535 bits per heavy atom. The SMILES string of the molecule is C=C.CC(=O)NCC(=O)CC(Cc1ccccc1)C(=O)NC(CC(C)C)C(=O)CCC(=O)NCCCOCCOCCCN.CC=O.CNCC(=O)CC(Cc1ccccc1)C(=O)NC(CC(C)C)C(=O)CCC(=O)NCCCCOCCOCN. The van der Waals surface area contributed by atoms with Gasteiger partial charge in [0, 0.05) is 90.2 Å². The molecule has 0 fully saturated rings. The molecule has 0 saturated heterocycles. The maximum atomic E-state index is 13.4. The van der Waals surface area contributed by atoms with Crippen LogP contribution >= 0.6 is 0 Å². The molecule has 4 atom stereocenters. The van der Waals surface area contributed by atoms with Crippen LogP contribution in [0.15, 0.2) is 73.8 Å². The third-order valence-electron chi connectivity index (χ3n) is 12.4. The number of benzene rings is 2. The first-order chi connectivity index (χ1) is 41.3. The van der Waals surface area contributed by atoms with E-state index >= 15 is 0 Å². The van der Waals surface area contributed by atoms with Crippen LogP contribution in [0.1, 0.15) is 130 Å². The van der Waals surface area contributed by atoms with Crippen LogP contribution in [-0.4, -0.2) is 164 Å². The minimum Gasteiger partial charge on any atom is -0.379 e. The standard InChI is InChI=1S/C31H50N4O7.C29H48N4O6.C2H4O.C2H4/c1-23(2)19-28(29(38)11-12-30(39)33-14-8-16-42-18-17-41-15-7-13-32)35-31(40)26(20-25-9-5-4-6-10-25)21-27(37)22-34-24(3)36;1-22(2)17-26(27(35)11-12-28(36)32-13-7-8-14-38-15-16-39-21-30)33-29(37)24(19-25(34)20-31-3)18-23-9-5-4-6-10-23;1-2-3;1-2/h4-6,9-10,23,26,28H,7-8,11-22,32H2,1-3H3,(H,33,39)(H,34,36)(H,35,40);4-6,9-10,22,24,26,31H,7-8,11-21,30H2,1-3H3,(H,32,36)(H,33,37);2H,1H3;1-2H2. The number of hydrogen-bond acceptors (Lipinski definition) is 17. The predicted molar refractivity (Wildman–Crippen MR) is 334 cm³/mol. The van der Waals surface area contributed by atoms with E-state index in [-0.39, 0.29) is 117 Å². The van der Waals surface area contributed by atoms with Gasteiger partial charge in [-0.05, 0) is 94.8 Å². The van der Waals surface area contributed by atoms with Gasteiger partial charge < -0.3 is 67.1 Å². The summed E-state index contributed by atoms with van der Waals surface area (Å²) in [5.74, 6) is -3.25. The van der Waals surface area contributed by atoms with Crippen molar-refractivity contribution in [2.24, 2.45) is 35.1 Å². The number of nitrogens with one attached hydrogen (secondary N) is 6. The van der Waals surface area contributed by atoms with Gasteiger partial charge in [0.15, 0.2) is 17.3 Å². The Morgan fingerprint density at radius 3 is 1.33 bits per heavy atom. The van der Waals surface area contributed by atoms with E-state index in [2.05, 4.69) is 45.1 Å². The number of unbranched alkanes of at least 4 members (excludes halogenated alkanes) is 1. The molecule has 2 aromatic rings. The molecule has 22 nitrogen and oxygen atoms in total. The molecule has 10 N–H and O–H groups in total. The third kappa shape index (κ3) is 46.8. The molecule has 0 heterocycles. The molecule has 2 rings (SSSR count). The monoisotopic (exact) mass is 1210 g/mol. The third-order valence-corrected chi connectivity index (χ3v) is 12.4. The van der Waals surface area contributed by atoms with Gasteiger partial charge in [0.1, 0.15) is 12.1 Å². The molecule has 4 unspecified atom stereocenters.